The second-order valence-corrected chi connectivity index (χ2v) is 17.6. The molecule has 62 heavy (non-hydrogen) atoms. The average Bonchev–Trinajstić information content (AvgIpc) is 3.85. The first kappa shape index (κ1) is 41.5. The summed E-state index contributed by atoms with van der Waals surface area (Å²) in [5.74, 6) is 2.17. The predicted octanol–water partition coefficient (Wildman–Crippen LogP) is 5.37. The van der Waals surface area contributed by atoms with Crippen LogP contribution in [0.4, 0.5) is 5.82 Å². The van der Waals surface area contributed by atoms with E-state index in [9.17, 15) is 19.2 Å². The third-order valence-corrected chi connectivity index (χ3v) is 13.7. The average molecular weight is 857 g/mol. The van der Waals surface area contributed by atoms with Crippen LogP contribution in [0.25, 0.3) is 22.3 Å². The first-order valence-electron chi connectivity index (χ1n) is 21.7. The summed E-state index contributed by atoms with van der Waals surface area (Å²) < 4.78 is 7.95. The van der Waals surface area contributed by atoms with Gasteiger partial charge in [-0.15, -0.1) is 11.8 Å². The molecule has 15 nitrogen and oxygen atoms in total. The Kier molecular flexibility index (Phi) is 12.5. The van der Waals surface area contributed by atoms with Crippen molar-refractivity contribution in [3.05, 3.63) is 90.3 Å². The van der Waals surface area contributed by atoms with Crippen LogP contribution in [0.3, 0.4) is 0 Å². The fraction of sp³-hybridized carbons (Fsp3) is 0.413. The van der Waals surface area contributed by atoms with Crippen LogP contribution in [0.15, 0.2) is 84.0 Å². The quantitative estimate of drug-likeness (QED) is 0.0833. The molecule has 6 heterocycles. The second kappa shape index (κ2) is 18.6. The van der Waals surface area contributed by atoms with Crippen LogP contribution in [-0.4, -0.2) is 127 Å². The molecule has 2 atom stereocenters. The van der Waals surface area contributed by atoms with Crippen molar-refractivity contribution >= 4 is 52.2 Å². The lowest BCUT2D eigenvalue weighted by molar-refractivity contribution is -0.137. The van der Waals surface area contributed by atoms with Crippen molar-refractivity contribution in [3.63, 3.8) is 0 Å². The number of imide groups is 1. The number of nitrogens with one attached hydrogen (secondary N) is 1. The van der Waals surface area contributed by atoms with Crippen LogP contribution in [0.5, 0.6) is 11.5 Å². The van der Waals surface area contributed by atoms with Crippen LogP contribution in [0.2, 0.25) is 0 Å². The minimum Gasteiger partial charge on any atom is -0.457 e. The number of hydrogen-bond acceptors (Lipinski definition) is 12. The van der Waals surface area contributed by atoms with E-state index in [0.29, 0.717) is 54.0 Å². The summed E-state index contributed by atoms with van der Waals surface area (Å²) in [5.41, 5.74) is 10.3. The van der Waals surface area contributed by atoms with Crippen LogP contribution in [0.1, 0.15) is 66.9 Å². The van der Waals surface area contributed by atoms with Gasteiger partial charge in [-0.1, -0.05) is 24.3 Å². The number of benzene rings is 3. The number of rotatable bonds is 14. The van der Waals surface area contributed by atoms with Gasteiger partial charge in [0.05, 0.1) is 11.4 Å². The summed E-state index contributed by atoms with van der Waals surface area (Å²) in [6.45, 7) is 7.60. The number of hydrogen-bond donors (Lipinski definition) is 2. The number of thioether (sulfide) groups is 1. The van der Waals surface area contributed by atoms with Gasteiger partial charge in [-0.2, -0.15) is 5.10 Å². The minimum absolute atomic E-state index is 0.0292. The zero-order chi connectivity index (χ0) is 42.6. The number of piperazine rings is 1. The Morgan fingerprint density at radius 1 is 0.855 bits per heavy atom. The summed E-state index contributed by atoms with van der Waals surface area (Å²) in [5, 5.41) is 8.16. The molecule has 4 amide bonds. The van der Waals surface area contributed by atoms with Crippen molar-refractivity contribution < 1.29 is 23.9 Å². The largest absolute Gasteiger partial charge is 0.457 e. The number of nitrogen functional groups attached to an aromatic ring is 1. The van der Waals surface area contributed by atoms with Gasteiger partial charge in [0.25, 0.3) is 5.91 Å². The van der Waals surface area contributed by atoms with Crippen molar-refractivity contribution in [1.29, 1.82) is 0 Å². The molecule has 322 valence electrons. The third-order valence-electron chi connectivity index (χ3n) is 12.5. The number of amides is 4. The molecule has 0 aliphatic carbocycles. The number of anilines is 1. The molecule has 9 rings (SSSR count). The molecular formula is C46H52N10O5S. The molecule has 2 aromatic heterocycles. The van der Waals surface area contributed by atoms with E-state index in [2.05, 4.69) is 31.2 Å². The first-order valence-corrected chi connectivity index (χ1v) is 22.7. The Morgan fingerprint density at radius 3 is 2.39 bits per heavy atom. The zero-order valence-electron chi connectivity index (χ0n) is 34.8. The molecule has 0 radical (unpaired) electrons. The Bertz CT molecular complexity index is 2440. The third kappa shape index (κ3) is 9.03. The van der Waals surface area contributed by atoms with E-state index in [-0.39, 0.29) is 36.1 Å². The number of ether oxygens (including phenoxy) is 1. The standard InChI is InChI=1S/C46H52N10O5S/c47-43-41-42(31-14-16-34(17-15-31)61-33-9-2-1-3-10-33)51-56(44(41)49-30-48-43)32-8-5-22-54(28-32)40(58)13-6-20-52-23-25-53(26-24-52)21-7-27-62-38-12-4-11-35-36(38)29-55(46(35)60)37-18-19-39(57)50-45(37)59/h1-4,9-12,14-17,30,32,37H,5-8,13,18-29H2,(H2,47,48,49)(H,50,57,59). The second-order valence-electron chi connectivity index (χ2n) is 16.5. The lowest BCUT2D eigenvalue weighted by Crippen LogP contribution is -2.52. The topological polar surface area (TPSA) is 172 Å². The Labute approximate surface area is 365 Å². The highest BCUT2D eigenvalue weighted by Gasteiger charge is 2.40. The first-order chi connectivity index (χ1) is 30.3. The normalized spacial score (nSPS) is 19.8. The molecule has 3 N–H and O–H groups in total. The van der Waals surface area contributed by atoms with Crippen molar-refractivity contribution in [2.75, 3.05) is 63.8 Å². The number of carbonyl (C=O) groups excluding carboxylic acids is 4. The van der Waals surface area contributed by atoms with Gasteiger partial charge in [-0.05, 0) is 105 Å². The molecule has 16 heteroatoms. The van der Waals surface area contributed by atoms with E-state index in [1.54, 1.807) is 16.7 Å². The summed E-state index contributed by atoms with van der Waals surface area (Å²) in [4.78, 5) is 69.5. The van der Waals surface area contributed by atoms with E-state index < -0.39 is 6.04 Å². The molecule has 0 saturated carbocycles. The van der Waals surface area contributed by atoms with Crippen molar-refractivity contribution in [1.82, 2.24) is 44.7 Å². The summed E-state index contributed by atoms with van der Waals surface area (Å²) in [6, 6.07) is 22.6. The maximum atomic E-state index is 13.6. The van der Waals surface area contributed by atoms with Crippen molar-refractivity contribution in [2.24, 2.45) is 0 Å². The van der Waals surface area contributed by atoms with Crippen LogP contribution >= 0.6 is 11.8 Å². The van der Waals surface area contributed by atoms with Gasteiger partial charge >= 0.3 is 0 Å². The highest BCUT2D eigenvalue weighted by Crippen LogP contribution is 2.36. The fourth-order valence-electron chi connectivity index (χ4n) is 9.15. The molecule has 0 bridgehead atoms. The molecule has 3 fully saturated rings. The van der Waals surface area contributed by atoms with E-state index in [0.717, 1.165) is 105 Å². The highest BCUT2D eigenvalue weighted by atomic mass is 32.2. The predicted molar refractivity (Wildman–Crippen MR) is 236 cm³/mol. The van der Waals surface area contributed by atoms with Gasteiger partial charge in [0.2, 0.25) is 17.7 Å². The van der Waals surface area contributed by atoms with Crippen LogP contribution < -0.4 is 15.8 Å². The van der Waals surface area contributed by atoms with Gasteiger partial charge in [0.15, 0.2) is 5.65 Å². The van der Waals surface area contributed by atoms with Gasteiger partial charge in [0, 0.05) is 74.7 Å². The molecule has 4 aliphatic heterocycles. The van der Waals surface area contributed by atoms with E-state index in [1.165, 1.54) is 6.33 Å². The number of likely N-dealkylation sites (tertiary alicyclic amines) is 1. The van der Waals surface area contributed by atoms with Crippen molar-refractivity contribution in [2.45, 2.75) is 68.5 Å². The van der Waals surface area contributed by atoms with Gasteiger partial charge in [0.1, 0.15) is 35.4 Å². The molecule has 2 unspecified atom stereocenters. The number of nitrogens with two attached hydrogens (primary N) is 1. The molecular weight excluding hydrogens is 805 g/mol. The lowest BCUT2D eigenvalue weighted by atomic mass is 10.0. The molecule has 0 spiro atoms. The number of piperidine rings is 2. The van der Waals surface area contributed by atoms with E-state index in [4.69, 9.17) is 15.6 Å². The van der Waals surface area contributed by atoms with E-state index in [1.807, 2.05) is 76.3 Å². The lowest BCUT2D eigenvalue weighted by Gasteiger charge is -2.35. The number of carbonyl (C=O) groups is 4. The maximum absolute atomic E-state index is 13.6. The Hall–Kier alpha value is -5.84. The molecule has 5 aromatic rings. The zero-order valence-corrected chi connectivity index (χ0v) is 35.6. The number of fused-ring (bicyclic) bond motifs is 2. The summed E-state index contributed by atoms with van der Waals surface area (Å²) in [6.07, 6.45) is 6.22. The van der Waals surface area contributed by atoms with Gasteiger partial charge < -0.3 is 30.1 Å². The summed E-state index contributed by atoms with van der Waals surface area (Å²) >= 11 is 1.77. The summed E-state index contributed by atoms with van der Waals surface area (Å²) in [7, 11) is 0. The van der Waals surface area contributed by atoms with Crippen LogP contribution in [0, 0.1) is 0 Å². The number of aromatic nitrogens is 4. The molecule has 4 aliphatic rings. The van der Waals surface area contributed by atoms with Crippen LogP contribution in [-0.2, 0) is 20.9 Å². The minimum atomic E-state index is -0.605. The van der Waals surface area contributed by atoms with Gasteiger partial charge in [-0.25, -0.2) is 14.6 Å². The smallest absolute Gasteiger partial charge is 0.255 e. The number of nitrogens with zero attached hydrogens (tertiary/aromatic N) is 8. The Balaban J connectivity index is 0.716. The fourth-order valence-corrected chi connectivity index (χ4v) is 10.2. The number of para-hydroxylation sites is 1. The highest BCUT2D eigenvalue weighted by molar-refractivity contribution is 7.99. The van der Waals surface area contributed by atoms with Gasteiger partial charge in [-0.3, -0.25) is 24.5 Å². The Morgan fingerprint density at radius 2 is 1.61 bits per heavy atom. The van der Waals surface area contributed by atoms with Crippen molar-refractivity contribution in [3.8, 4) is 22.8 Å². The van der Waals surface area contributed by atoms with E-state index >= 15 is 0 Å². The monoisotopic (exact) mass is 856 g/mol. The SMILES string of the molecule is Nc1ncnc2c1c(-c1ccc(Oc3ccccc3)cc1)nn2C1CCCN(C(=O)CCCN2CCN(CCCSc3cccc4c3CN(C3CCC(=O)NC3=O)C4=O)CC2)C1. The molecule has 3 aromatic carbocycles. The maximum Gasteiger partial charge on any atom is 0.255 e. The molecule has 3 saturated heterocycles.